The summed E-state index contributed by atoms with van der Waals surface area (Å²) in [4.78, 5) is 38.7. The van der Waals surface area contributed by atoms with E-state index in [0.29, 0.717) is 40.4 Å². The summed E-state index contributed by atoms with van der Waals surface area (Å²) in [6, 6.07) is 9.93. The lowest BCUT2D eigenvalue weighted by molar-refractivity contribution is 0.0647. The predicted octanol–water partition coefficient (Wildman–Crippen LogP) is 2.97. The first kappa shape index (κ1) is 19.4. The van der Waals surface area contributed by atoms with Crippen LogP contribution in [0.15, 0.2) is 36.4 Å². The molecule has 1 aliphatic heterocycles. The monoisotopic (exact) mass is 383 g/mol. The lowest BCUT2D eigenvalue weighted by Gasteiger charge is -2.16. The van der Waals surface area contributed by atoms with Crippen LogP contribution < -0.4 is 14.2 Å². The van der Waals surface area contributed by atoms with E-state index in [1.54, 1.807) is 36.4 Å². The van der Waals surface area contributed by atoms with Crippen LogP contribution >= 0.6 is 0 Å². The first-order valence-corrected chi connectivity index (χ1v) is 8.80. The molecule has 0 unspecified atom stereocenters. The van der Waals surface area contributed by atoms with Crippen molar-refractivity contribution in [2.45, 2.75) is 12.8 Å². The van der Waals surface area contributed by atoms with Crippen LogP contribution in [-0.4, -0.2) is 50.4 Å². The van der Waals surface area contributed by atoms with Crippen LogP contribution in [0.4, 0.5) is 0 Å². The van der Waals surface area contributed by atoms with Gasteiger partial charge in [-0.05, 0) is 18.6 Å². The summed E-state index contributed by atoms with van der Waals surface area (Å²) in [5.74, 6) is 0.355. The largest absolute Gasteiger partial charge is 0.496 e. The van der Waals surface area contributed by atoms with E-state index in [2.05, 4.69) is 0 Å². The van der Waals surface area contributed by atoms with Gasteiger partial charge in [-0.2, -0.15) is 0 Å². The van der Waals surface area contributed by atoms with Crippen LogP contribution in [0, 0.1) is 0 Å². The van der Waals surface area contributed by atoms with E-state index >= 15 is 0 Å². The third kappa shape index (κ3) is 3.43. The number of fused-ring (bicyclic) bond motifs is 1. The van der Waals surface area contributed by atoms with Gasteiger partial charge in [-0.3, -0.25) is 19.3 Å². The number of hydrogen-bond acceptors (Lipinski definition) is 6. The lowest BCUT2D eigenvalue weighted by atomic mass is 10.0. The minimum Gasteiger partial charge on any atom is -0.496 e. The second kappa shape index (κ2) is 8.12. The number of benzene rings is 2. The molecule has 0 radical (unpaired) electrons. The molecule has 2 amide bonds. The van der Waals surface area contributed by atoms with Crippen molar-refractivity contribution >= 4 is 17.6 Å². The van der Waals surface area contributed by atoms with E-state index < -0.39 is 0 Å². The first-order chi connectivity index (χ1) is 13.5. The summed E-state index contributed by atoms with van der Waals surface area (Å²) in [6.07, 6.45) is 0.467. The van der Waals surface area contributed by atoms with Gasteiger partial charge in [0, 0.05) is 25.1 Å². The minimum absolute atomic E-state index is 0.131. The SMILES string of the molecule is COc1cc(OC)c(C(=O)CCCN2C(=O)c3ccccc3C2=O)c(OC)c1. The van der Waals surface area contributed by atoms with E-state index in [1.165, 1.54) is 26.2 Å². The fourth-order valence-electron chi connectivity index (χ4n) is 3.25. The maximum atomic E-state index is 12.8. The van der Waals surface area contributed by atoms with Crippen molar-refractivity contribution in [1.29, 1.82) is 0 Å². The zero-order valence-electron chi connectivity index (χ0n) is 16.0. The molecule has 0 aromatic heterocycles. The second-order valence-corrected chi connectivity index (χ2v) is 6.24. The predicted molar refractivity (Wildman–Crippen MR) is 101 cm³/mol. The van der Waals surface area contributed by atoms with Gasteiger partial charge < -0.3 is 14.2 Å². The number of hydrogen-bond donors (Lipinski definition) is 0. The highest BCUT2D eigenvalue weighted by Gasteiger charge is 2.34. The van der Waals surface area contributed by atoms with Crippen molar-refractivity contribution < 1.29 is 28.6 Å². The molecular formula is C21H21NO6. The summed E-state index contributed by atoms with van der Waals surface area (Å²) < 4.78 is 15.8. The number of amides is 2. The van der Waals surface area contributed by atoms with Gasteiger partial charge >= 0.3 is 0 Å². The molecule has 0 saturated carbocycles. The topological polar surface area (TPSA) is 82.1 Å². The quantitative estimate of drug-likeness (QED) is 0.515. The molecule has 1 aliphatic rings. The normalized spacial score (nSPS) is 12.8. The second-order valence-electron chi connectivity index (χ2n) is 6.24. The van der Waals surface area contributed by atoms with Crippen LogP contribution in [0.1, 0.15) is 43.9 Å². The fraction of sp³-hybridized carbons (Fsp3) is 0.286. The zero-order chi connectivity index (χ0) is 20.3. The summed E-state index contributed by atoms with van der Waals surface area (Å²) >= 11 is 0. The van der Waals surface area contributed by atoms with Crippen molar-refractivity contribution in [1.82, 2.24) is 4.90 Å². The molecule has 2 aromatic rings. The summed E-state index contributed by atoms with van der Waals surface area (Å²) in [7, 11) is 4.44. The molecule has 2 aromatic carbocycles. The van der Waals surface area contributed by atoms with E-state index in [9.17, 15) is 14.4 Å². The van der Waals surface area contributed by atoms with E-state index in [0.717, 1.165) is 0 Å². The molecular weight excluding hydrogens is 362 g/mol. The third-order valence-electron chi connectivity index (χ3n) is 4.66. The average molecular weight is 383 g/mol. The Hall–Kier alpha value is -3.35. The van der Waals surface area contributed by atoms with Gasteiger partial charge in [0.1, 0.15) is 22.8 Å². The van der Waals surface area contributed by atoms with Crippen molar-refractivity contribution in [3.63, 3.8) is 0 Å². The Bertz CT molecular complexity index is 876. The van der Waals surface area contributed by atoms with Crippen molar-refractivity contribution in [2.24, 2.45) is 0 Å². The van der Waals surface area contributed by atoms with Crippen molar-refractivity contribution in [3.05, 3.63) is 53.1 Å². The molecule has 0 spiro atoms. The number of ketones is 1. The number of carbonyl (C=O) groups excluding carboxylic acids is 3. The third-order valence-corrected chi connectivity index (χ3v) is 4.66. The number of ether oxygens (including phenoxy) is 3. The highest BCUT2D eigenvalue weighted by atomic mass is 16.5. The maximum Gasteiger partial charge on any atom is 0.261 e. The number of imide groups is 1. The lowest BCUT2D eigenvalue weighted by Crippen LogP contribution is -2.31. The molecule has 0 fully saturated rings. The van der Waals surface area contributed by atoms with Gasteiger partial charge in [-0.1, -0.05) is 12.1 Å². The van der Waals surface area contributed by atoms with Crippen LogP contribution in [0.3, 0.4) is 0 Å². The summed E-state index contributed by atoms with van der Waals surface area (Å²) in [5, 5.41) is 0. The number of Topliss-reactive ketones (excluding diaryl/α,β-unsaturated/α-hetero) is 1. The molecule has 3 rings (SSSR count). The van der Waals surface area contributed by atoms with Crippen LogP contribution in [0.25, 0.3) is 0 Å². The highest BCUT2D eigenvalue weighted by molar-refractivity contribution is 6.21. The number of carbonyl (C=O) groups is 3. The summed E-state index contributed by atoms with van der Waals surface area (Å²) in [5.41, 5.74) is 1.11. The smallest absolute Gasteiger partial charge is 0.261 e. The number of rotatable bonds is 8. The summed E-state index contributed by atoms with van der Waals surface area (Å²) in [6.45, 7) is 0.166. The van der Waals surface area contributed by atoms with Gasteiger partial charge in [-0.25, -0.2) is 0 Å². The van der Waals surface area contributed by atoms with Gasteiger partial charge in [-0.15, -0.1) is 0 Å². The molecule has 0 saturated heterocycles. The standard InChI is InChI=1S/C21H21NO6/c1-26-13-11-17(27-2)19(18(12-13)28-3)16(23)9-6-10-22-20(24)14-7-4-5-8-15(14)21(22)25/h4-5,7-8,11-12H,6,9-10H2,1-3H3. The zero-order valence-corrected chi connectivity index (χ0v) is 16.0. The molecule has 28 heavy (non-hydrogen) atoms. The molecule has 7 heteroatoms. The first-order valence-electron chi connectivity index (χ1n) is 8.80. The maximum absolute atomic E-state index is 12.8. The van der Waals surface area contributed by atoms with E-state index in [4.69, 9.17) is 14.2 Å². The minimum atomic E-state index is -0.326. The van der Waals surface area contributed by atoms with Crippen LogP contribution in [-0.2, 0) is 0 Å². The molecule has 1 heterocycles. The van der Waals surface area contributed by atoms with Gasteiger partial charge in [0.15, 0.2) is 5.78 Å². The number of nitrogens with zero attached hydrogens (tertiary/aromatic N) is 1. The fourth-order valence-corrected chi connectivity index (χ4v) is 3.25. The van der Waals surface area contributed by atoms with Crippen molar-refractivity contribution in [3.8, 4) is 17.2 Å². The van der Waals surface area contributed by atoms with Gasteiger partial charge in [0.25, 0.3) is 11.8 Å². The van der Waals surface area contributed by atoms with Crippen LogP contribution in [0.2, 0.25) is 0 Å². The van der Waals surface area contributed by atoms with Crippen molar-refractivity contribution in [2.75, 3.05) is 27.9 Å². The Morgan fingerprint density at radius 3 is 1.89 bits per heavy atom. The molecule has 7 nitrogen and oxygen atoms in total. The average Bonchev–Trinajstić information content (AvgIpc) is 2.97. The molecule has 146 valence electrons. The van der Waals surface area contributed by atoms with Crippen LogP contribution in [0.5, 0.6) is 17.2 Å². The Labute approximate surface area is 162 Å². The van der Waals surface area contributed by atoms with E-state index in [-0.39, 0.29) is 30.6 Å². The molecule has 0 bridgehead atoms. The Morgan fingerprint density at radius 2 is 1.43 bits per heavy atom. The van der Waals surface area contributed by atoms with E-state index in [1.807, 2.05) is 0 Å². The molecule has 0 N–H and O–H groups in total. The Kier molecular flexibility index (Phi) is 5.63. The van der Waals surface area contributed by atoms with Gasteiger partial charge in [0.2, 0.25) is 0 Å². The molecule has 0 atom stereocenters. The molecule has 0 aliphatic carbocycles. The highest BCUT2D eigenvalue weighted by Crippen LogP contribution is 2.35. The Morgan fingerprint density at radius 1 is 0.893 bits per heavy atom. The van der Waals surface area contributed by atoms with Gasteiger partial charge in [0.05, 0.1) is 32.5 Å². The Balaban J connectivity index is 1.70. The number of methoxy groups -OCH3 is 3.